The van der Waals surface area contributed by atoms with Crippen molar-refractivity contribution >= 4 is 34.8 Å². The van der Waals surface area contributed by atoms with Gasteiger partial charge in [0.05, 0.1) is 22.4 Å². The zero-order valence-electron chi connectivity index (χ0n) is 18.2. The Morgan fingerprint density at radius 2 is 1.91 bits per heavy atom. The molecule has 2 aromatic rings. The maximum atomic E-state index is 13.9. The maximum Gasteiger partial charge on any atom is 0.271 e. The first-order valence-electron chi connectivity index (χ1n) is 11.1. The van der Waals surface area contributed by atoms with Crippen LogP contribution in [-0.4, -0.2) is 40.1 Å². The predicted molar refractivity (Wildman–Crippen MR) is 119 cm³/mol. The van der Waals surface area contributed by atoms with E-state index >= 15 is 0 Å². The third-order valence-electron chi connectivity index (χ3n) is 7.74. The first-order chi connectivity index (χ1) is 15.8. The Morgan fingerprint density at radius 3 is 2.67 bits per heavy atom. The molecular weight excluding hydrogens is 424 g/mol. The van der Waals surface area contributed by atoms with Crippen molar-refractivity contribution in [2.75, 3.05) is 16.8 Å². The van der Waals surface area contributed by atoms with E-state index in [9.17, 15) is 24.5 Å². The number of aryl methyl sites for hydroxylation is 2. The van der Waals surface area contributed by atoms with E-state index in [0.29, 0.717) is 12.2 Å². The van der Waals surface area contributed by atoms with Gasteiger partial charge in [0, 0.05) is 29.4 Å². The van der Waals surface area contributed by atoms with E-state index in [1.165, 1.54) is 24.3 Å². The Morgan fingerprint density at radius 1 is 1.12 bits per heavy atom. The number of nitrogens with one attached hydrogen (secondary N) is 1. The number of hydrogen-bond donors (Lipinski definition) is 1. The van der Waals surface area contributed by atoms with E-state index in [-0.39, 0.29) is 29.2 Å². The lowest BCUT2D eigenvalue weighted by Crippen LogP contribution is -2.54. The highest BCUT2D eigenvalue weighted by Gasteiger charge is 2.74. The summed E-state index contributed by atoms with van der Waals surface area (Å²) < 4.78 is 0. The van der Waals surface area contributed by atoms with Crippen LogP contribution in [0, 0.1) is 35.8 Å². The summed E-state index contributed by atoms with van der Waals surface area (Å²) in [6, 6.07) is 9.26. The van der Waals surface area contributed by atoms with Crippen LogP contribution in [0.5, 0.6) is 0 Å². The molecule has 4 aliphatic rings. The Labute approximate surface area is 189 Å². The smallest absolute Gasteiger partial charge is 0.271 e. The summed E-state index contributed by atoms with van der Waals surface area (Å²) >= 11 is 0. The monoisotopic (exact) mass is 446 g/mol. The van der Waals surface area contributed by atoms with Gasteiger partial charge in [-0.25, -0.2) is 4.90 Å². The van der Waals surface area contributed by atoms with Crippen LogP contribution in [0.2, 0.25) is 0 Å². The molecule has 1 spiro atoms. The van der Waals surface area contributed by atoms with Crippen molar-refractivity contribution in [3.8, 4) is 0 Å². The van der Waals surface area contributed by atoms with Gasteiger partial charge < -0.3 is 5.32 Å². The van der Waals surface area contributed by atoms with E-state index in [2.05, 4.69) is 10.2 Å². The topological polar surface area (TPSA) is 113 Å². The van der Waals surface area contributed by atoms with Gasteiger partial charge in [0.2, 0.25) is 17.7 Å². The van der Waals surface area contributed by atoms with Crippen LogP contribution in [0.3, 0.4) is 0 Å². The average Bonchev–Trinajstić information content (AvgIpc) is 3.47. The number of rotatable bonds is 2. The molecule has 3 amide bonds. The van der Waals surface area contributed by atoms with Gasteiger partial charge >= 0.3 is 0 Å². The molecule has 33 heavy (non-hydrogen) atoms. The van der Waals surface area contributed by atoms with Crippen LogP contribution in [0.1, 0.15) is 29.5 Å². The average molecular weight is 446 g/mol. The molecule has 9 nitrogen and oxygen atoms in total. The number of non-ortho nitro benzene ring substituents is 1. The fourth-order valence-corrected chi connectivity index (χ4v) is 6.66. The molecule has 3 fully saturated rings. The van der Waals surface area contributed by atoms with E-state index < -0.39 is 28.2 Å². The number of benzene rings is 2. The lowest BCUT2D eigenvalue weighted by Gasteiger charge is -2.36. The second-order valence-corrected chi connectivity index (χ2v) is 9.42. The zero-order chi connectivity index (χ0) is 23.2. The van der Waals surface area contributed by atoms with E-state index in [0.717, 1.165) is 34.4 Å². The molecule has 2 aromatic carbocycles. The highest BCUT2D eigenvalue weighted by Crippen LogP contribution is 2.61. The number of hydrogen-bond acceptors (Lipinski definition) is 6. The van der Waals surface area contributed by atoms with Crippen molar-refractivity contribution in [2.45, 2.75) is 38.3 Å². The standard InChI is InChI=1S/C24H22N4O5/c1-12-9-13(2)20-16(10-12)24(23(31)25-20)19-18(17-7-4-8-26(17)24)21(29)27(22(19)30)14-5-3-6-15(11-14)28(32)33/h3,5-6,9-11,17-19H,4,7-8H2,1-2H3,(H,25,31). The molecule has 3 saturated heterocycles. The molecular formula is C24H22N4O5. The summed E-state index contributed by atoms with van der Waals surface area (Å²) in [5, 5.41) is 14.3. The molecule has 4 aliphatic heterocycles. The molecule has 0 saturated carbocycles. The van der Waals surface area contributed by atoms with Gasteiger partial charge in [-0.15, -0.1) is 0 Å². The summed E-state index contributed by atoms with van der Waals surface area (Å²) in [5.74, 6) is -2.67. The van der Waals surface area contributed by atoms with Crippen molar-refractivity contribution in [3.63, 3.8) is 0 Å². The zero-order valence-corrected chi connectivity index (χ0v) is 18.2. The number of nitrogens with zero attached hydrogens (tertiary/aromatic N) is 3. The molecule has 4 unspecified atom stereocenters. The second kappa shape index (κ2) is 6.48. The SMILES string of the molecule is Cc1cc(C)c2c(c1)C1(C(=O)N2)C2C(=O)N(c3cccc([N+](=O)[O-])c3)C(=O)C2C2CCCN21. The third-order valence-corrected chi connectivity index (χ3v) is 7.74. The Kier molecular flexibility index (Phi) is 3.93. The van der Waals surface area contributed by atoms with Gasteiger partial charge in [0.1, 0.15) is 5.54 Å². The van der Waals surface area contributed by atoms with Gasteiger partial charge in [0.15, 0.2) is 0 Å². The van der Waals surface area contributed by atoms with Crippen molar-refractivity contribution in [1.29, 1.82) is 0 Å². The van der Waals surface area contributed by atoms with Crippen LogP contribution in [0.25, 0.3) is 0 Å². The van der Waals surface area contributed by atoms with Crippen LogP contribution >= 0.6 is 0 Å². The number of nitro benzene ring substituents is 1. The summed E-state index contributed by atoms with van der Waals surface area (Å²) in [6.45, 7) is 4.51. The highest BCUT2D eigenvalue weighted by molar-refractivity contribution is 6.26. The lowest BCUT2D eigenvalue weighted by molar-refractivity contribution is -0.384. The van der Waals surface area contributed by atoms with Gasteiger partial charge in [-0.1, -0.05) is 23.8 Å². The normalized spacial score (nSPS) is 30.1. The van der Waals surface area contributed by atoms with Crippen LogP contribution in [-0.2, 0) is 19.9 Å². The minimum absolute atomic E-state index is 0.173. The van der Waals surface area contributed by atoms with Gasteiger partial charge in [-0.3, -0.25) is 29.4 Å². The fourth-order valence-electron chi connectivity index (χ4n) is 6.66. The molecule has 9 heteroatoms. The Hall–Kier alpha value is -3.59. The summed E-state index contributed by atoms with van der Waals surface area (Å²) in [6.07, 6.45) is 1.56. The van der Waals surface area contributed by atoms with Crippen molar-refractivity contribution in [3.05, 3.63) is 63.2 Å². The van der Waals surface area contributed by atoms with E-state index in [1.807, 2.05) is 26.0 Å². The van der Waals surface area contributed by atoms with Crippen LogP contribution < -0.4 is 10.2 Å². The third kappa shape index (κ3) is 2.32. The first kappa shape index (κ1) is 20.0. The predicted octanol–water partition coefficient (Wildman–Crippen LogP) is 2.64. The van der Waals surface area contributed by atoms with Crippen molar-refractivity contribution in [1.82, 2.24) is 4.90 Å². The minimum Gasteiger partial charge on any atom is -0.324 e. The van der Waals surface area contributed by atoms with E-state index in [1.54, 1.807) is 0 Å². The molecule has 4 atom stereocenters. The van der Waals surface area contributed by atoms with Gasteiger partial charge in [-0.2, -0.15) is 0 Å². The molecule has 0 aromatic heterocycles. The highest BCUT2D eigenvalue weighted by atomic mass is 16.6. The Bertz CT molecular complexity index is 1290. The minimum atomic E-state index is -1.25. The number of fused-ring (bicyclic) bond motifs is 7. The fraction of sp³-hybridized carbons (Fsp3) is 0.375. The summed E-state index contributed by atoms with van der Waals surface area (Å²) in [4.78, 5) is 55.2. The summed E-state index contributed by atoms with van der Waals surface area (Å²) in [5.41, 5.74) is 2.10. The quantitative estimate of drug-likeness (QED) is 0.431. The number of amides is 3. The first-order valence-corrected chi connectivity index (χ1v) is 11.1. The molecule has 0 radical (unpaired) electrons. The van der Waals surface area contributed by atoms with Gasteiger partial charge in [-0.05, 0) is 44.9 Å². The number of carbonyl (C=O) groups is 3. The number of nitro groups is 1. The van der Waals surface area contributed by atoms with Crippen LogP contribution in [0.15, 0.2) is 36.4 Å². The number of carbonyl (C=O) groups excluding carboxylic acids is 3. The van der Waals surface area contributed by atoms with Crippen molar-refractivity contribution < 1.29 is 19.3 Å². The largest absolute Gasteiger partial charge is 0.324 e. The lowest BCUT2D eigenvalue weighted by atomic mass is 9.75. The Balaban J connectivity index is 1.55. The summed E-state index contributed by atoms with van der Waals surface area (Å²) in [7, 11) is 0. The maximum absolute atomic E-state index is 13.9. The van der Waals surface area contributed by atoms with E-state index in [4.69, 9.17) is 0 Å². The second-order valence-electron chi connectivity index (χ2n) is 9.42. The molecule has 168 valence electrons. The molecule has 0 bridgehead atoms. The molecule has 0 aliphatic carbocycles. The van der Waals surface area contributed by atoms with Crippen molar-refractivity contribution in [2.24, 2.45) is 11.8 Å². The van der Waals surface area contributed by atoms with Crippen LogP contribution in [0.4, 0.5) is 17.1 Å². The molecule has 6 rings (SSSR count). The molecule has 1 N–H and O–H groups in total. The number of anilines is 2. The number of imide groups is 1. The van der Waals surface area contributed by atoms with Gasteiger partial charge in [0.25, 0.3) is 5.69 Å². The molecule has 4 heterocycles.